The van der Waals surface area contributed by atoms with Crippen molar-refractivity contribution in [3.8, 4) is 0 Å². The van der Waals surface area contributed by atoms with E-state index in [-0.39, 0.29) is 18.4 Å². The molecule has 1 saturated heterocycles. The van der Waals surface area contributed by atoms with E-state index in [0.717, 1.165) is 0 Å². The van der Waals surface area contributed by atoms with Gasteiger partial charge in [0.05, 0.1) is 12.1 Å². The molecule has 2 amide bonds. The van der Waals surface area contributed by atoms with E-state index >= 15 is 0 Å². The van der Waals surface area contributed by atoms with Crippen LogP contribution in [-0.2, 0) is 14.3 Å². The highest BCUT2D eigenvalue weighted by atomic mass is 16.5. The van der Waals surface area contributed by atoms with E-state index in [1.54, 1.807) is 11.8 Å². The fraction of sp³-hybridized carbons (Fsp3) is 0.846. The van der Waals surface area contributed by atoms with Crippen LogP contribution >= 0.6 is 0 Å². The molecule has 0 spiro atoms. The Morgan fingerprint density at radius 3 is 2.50 bits per heavy atom. The highest BCUT2D eigenvalue weighted by Gasteiger charge is 2.42. The number of hydrogen-bond acceptors (Lipinski definition) is 3. The lowest BCUT2D eigenvalue weighted by atomic mass is 9.93. The lowest BCUT2D eigenvalue weighted by Crippen LogP contribution is -2.66. The zero-order valence-corrected chi connectivity index (χ0v) is 12.0. The maximum absolute atomic E-state index is 12.4. The van der Waals surface area contributed by atoms with Crippen molar-refractivity contribution in [2.75, 3.05) is 19.7 Å². The Hall–Kier alpha value is -1.10. The van der Waals surface area contributed by atoms with Crippen molar-refractivity contribution in [2.24, 2.45) is 0 Å². The minimum atomic E-state index is -0.780. The molecule has 0 aromatic heterocycles. The first-order chi connectivity index (χ1) is 8.24. The van der Waals surface area contributed by atoms with E-state index in [9.17, 15) is 9.59 Å². The molecule has 0 aromatic carbocycles. The van der Waals surface area contributed by atoms with Gasteiger partial charge in [0, 0.05) is 13.2 Å². The van der Waals surface area contributed by atoms with Gasteiger partial charge in [0.1, 0.15) is 5.54 Å². The number of carbonyl (C=O) groups is 2. The van der Waals surface area contributed by atoms with Gasteiger partial charge in [-0.05, 0) is 34.1 Å². The summed E-state index contributed by atoms with van der Waals surface area (Å²) in [4.78, 5) is 25.6. The van der Waals surface area contributed by atoms with Gasteiger partial charge in [-0.1, -0.05) is 6.92 Å². The topological polar surface area (TPSA) is 58.6 Å². The molecule has 0 aromatic rings. The Balaban J connectivity index is 2.82. The third kappa shape index (κ3) is 3.22. The third-order valence-electron chi connectivity index (χ3n) is 3.32. The summed E-state index contributed by atoms with van der Waals surface area (Å²) in [6, 6.07) is 0. The maximum Gasteiger partial charge on any atom is 0.248 e. The van der Waals surface area contributed by atoms with Crippen LogP contribution in [0.2, 0.25) is 0 Å². The van der Waals surface area contributed by atoms with Crippen LogP contribution in [0, 0.1) is 0 Å². The maximum atomic E-state index is 12.4. The second kappa shape index (κ2) is 5.26. The molecule has 0 bridgehead atoms. The van der Waals surface area contributed by atoms with Crippen molar-refractivity contribution in [3.05, 3.63) is 0 Å². The van der Waals surface area contributed by atoms with E-state index in [2.05, 4.69) is 5.32 Å². The minimum Gasteiger partial charge on any atom is -0.374 e. The third-order valence-corrected chi connectivity index (χ3v) is 3.32. The van der Waals surface area contributed by atoms with Gasteiger partial charge < -0.3 is 15.0 Å². The smallest absolute Gasteiger partial charge is 0.248 e. The molecule has 104 valence electrons. The number of piperazine rings is 1. The minimum absolute atomic E-state index is 0.0302. The molecule has 1 N–H and O–H groups in total. The van der Waals surface area contributed by atoms with E-state index < -0.39 is 11.1 Å². The number of ether oxygens (including phenoxy) is 1. The Morgan fingerprint density at radius 2 is 2.00 bits per heavy atom. The molecule has 1 unspecified atom stereocenters. The Kier molecular flexibility index (Phi) is 4.37. The molecule has 1 heterocycles. The first-order valence-corrected chi connectivity index (χ1v) is 6.48. The summed E-state index contributed by atoms with van der Waals surface area (Å²) in [5, 5.41) is 2.77. The first kappa shape index (κ1) is 15.0. The van der Waals surface area contributed by atoms with Crippen molar-refractivity contribution in [3.63, 3.8) is 0 Å². The molecule has 0 saturated carbocycles. The fourth-order valence-corrected chi connectivity index (χ4v) is 2.26. The number of nitrogens with zero attached hydrogens (tertiary/aromatic N) is 1. The quantitative estimate of drug-likeness (QED) is 0.796. The van der Waals surface area contributed by atoms with E-state index in [1.807, 2.05) is 27.7 Å². The van der Waals surface area contributed by atoms with Gasteiger partial charge in [0.25, 0.3) is 0 Å². The second-order valence-electron chi connectivity index (χ2n) is 5.59. The second-order valence-corrected chi connectivity index (χ2v) is 5.59. The molecule has 1 rings (SSSR count). The van der Waals surface area contributed by atoms with E-state index in [4.69, 9.17) is 4.74 Å². The highest BCUT2D eigenvalue weighted by Crippen LogP contribution is 2.21. The summed E-state index contributed by atoms with van der Waals surface area (Å²) in [6.07, 6.45) is 0.586. The molecule has 18 heavy (non-hydrogen) atoms. The largest absolute Gasteiger partial charge is 0.374 e. The standard InChI is InChI=1S/C13H24N2O3/c1-6-13(5)11(17)15(8-10(16)14-13)9-12(3,4)18-7-2/h6-9H2,1-5H3,(H,14,16). The average Bonchev–Trinajstić information content (AvgIpc) is 2.24. The van der Waals surface area contributed by atoms with Gasteiger partial charge >= 0.3 is 0 Å². The van der Waals surface area contributed by atoms with Crippen molar-refractivity contribution in [1.82, 2.24) is 10.2 Å². The van der Waals surface area contributed by atoms with Crippen molar-refractivity contribution >= 4 is 11.8 Å². The van der Waals surface area contributed by atoms with Crippen LogP contribution in [0.25, 0.3) is 0 Å². The molecule has 5 heteroatoms. The Labute approximate surface area is 109 Å². The zero-order valence-electron chi connectivity index (χ0n) is 12.0. The highest BCUT2D eigenvalue weighted by molar-refractivity contribution is 5.97. The van der Waals surface area contributed by atoms with Crippen LogP contribution in [0.1, 0.15) is 41.0 Å². The summed E-state index contributed by atoms with van der Waals surface area (Å²) in [7, 11) is 0. The average molecular weight is 256 g/mol. The van der Waals surface area contributed by atoms with Gasteiger partial charge in [-0.25, -0.2) is 0 Å². The number of carbonyl (C=O) groups excluding carboxylic acids is 2. The van der Waals surface area contributed by atoms with Crippen LogP contribution in [0.3, 0.4) is 0 Å². The van der Waals surface area contributed by atoms with Gasteiger partial charge in [0.15, 0.2) is 0 Å². The summed E-state index contributed by atoms with van der Waals surface area (Å²) < 4.78 is 5.59. The SMILES string of the molecule is CCOC(C)(C)CN1CC(=O)NC(C)(CC)C1=O. The van der Waals surface area contributed by atoms with Crippen molar-refractivity contribution in [1.29, 1.82) is 0 Å². The van der Waals surface area contributed by atoms with Gasteiger partial charge in [-0.3, -0.25) is 9.59 Å². The molecular formula is C13H24N2O3. The predicted molar refractivity (Wildman–Crippen MR) is 69.1 cm³/mol. The fourth-order valence-electron chi connectivity index (χ4n) is 2.26. The van der Waals surface area contributed by atoms with Crippen LogP contribution in [0.5, 0.6) is 0 Å². The van der Waals surface area contributed by atoms with Gasteiger partial charge in [-0.15, -0.1) is 0 Å². The molecule has 0 aliphatic carbocycles. The van der Waals surface area contributed by atoms with Crippen molar-refractivity contribution < 1.29 is 14.3 Å². The number of amides is 2. The molecule has 5 nitrogen and oxygen atoms in total. The molecule has 1 fully saturated rings. The van der Waals surface area contributed by atoms with Gasteiger partial charge in [-0.2, -0.15) is 0 Å². The first-order valence-electron chi connectivity index (χ1n) is 6.48. The van der Waals surface area contributed by atoms with E-state index in [1.165, 1.54) is 0 Å². The number of rotatable bonds is 5. The predicted octanol–water partition coefficient (Wildman–Crippen LogP) is 0.929. The molecule has 1 aliphatic rings. The van der Waals surface area contributed by atoms with Crippen LogP contribution < -0.4 is 5.32 Å². The van der Waals surface area contributed by atoms with Crippen molar-refractivity contribution in [2.45, 2.75) is 52.2 Å². The number of nitrogens with one attached hydrogen (secondary N) is 1. The summed E-state index contributed by atoms with van der Waals surface area (Å²) in [5.74, 6) is -0.136. The molecule has 1 atom stereocenters. The number of hydrogen-bond donors (Lipinski definition) is 1. The van der Waals surface area contributed by atoms with Crippen LogP contribution in [-0.4, -0.2) is 47.6 Å². The van der Waals surface area contributed by atoms with Gasteiger partial charge in [0.2, 0.25) is 11.8 Å². The lowest BCUT2D eigenvalue weighted by molar-refractivity contribution is -0.153. The molecular weight excluding hydrogens is 232 g/mol. The zero-order chi connectivity index (χ0) is 14.0. The summed E-state index contributed by atoms with van der Waals surface area (Å²) in [6.45, 7) is 10.6. The summed E-state index contributed by atoms with van der Waals surface area (Å²) in [5.41, 5.74) is -1.21. The monoisotopic (exact) mass is 256 g/mol. The summed E-state index contributed by atoms with van der Waals surface area (Å²) >= 11 is 0. The van der Waals surface area contributed by atoms with Crippen LogP contribution in [0.15, 0.2) is 0 Å². The lowest BCUT2D eigenvalue weighted by Gasteiger charge is -2.42. The van der Waals surface area contributed by atoms with Crippen LogP contribution in [0.4, 0.5) is 0 Å². The Bertz CT molecular complexity index is 341. The Morgan fingerprint density at radius 1 is 1.39 bits per heavy atom. The normalized spacial score (nSPS) is 25.3. The molecule has 0 radical (unpaired) electrons. The van der Waals surface area contributed by atoms with E-state index in [0.29, 0.717) is 19.6 Å². The molecule has 1 aliphatic heterocycles.